The highest BCUT2D eigenvalue weighted by Gasteiger charge is 2.31. The normalized spacial score (nSPS) is 20.2. The van der Waals surface area contributed by atoms with Crippen molar-refractivity contribution in [3.8, 4) is 0 Å². The third-order valence-corrected chi connectivity index (χ3v) is 6.83. The van der Waals surface area contributed by atoms with Crippen molar-refractivity contribution in [2.45, 2.75) is 57.4 Å². The number of rotatable bonds is 4. The molecule has 0 aliphatic carbocycles. The van der Waals surface area contributed by atoms with Gasteiger partial charge in [0.15, 0.2) is 5.78 Å². The number of methoxy groups -OCH3 is 1. The number of hydrogen-bond donors (Lipinski definition) is 3. The molecule has 37 heavy (non-hydrogen) atoms. The van der Waals surface area contributed by atoms with Crippen LogP contribution in [0.4, 0.5) is 11.4 Å². The molecular weight excluding hydrogens is 474 g/mol. The number of anilines is 2. The fourth-order valence-electron chi connectivity index (χ4n) is 4.77. The standard InChI is InChI=1S/C28H31N3O6/c1-37-26(34)14-17-11-12-20-22(13-17)29-25(33)10-4-2-3-8-19(16-24(20)32)27(35)31-23-15-18-7-5-6-9-21(18)30-28(23)36/h5-7,9,11-13,19,23H,2-4,8,10,14-16H2,1H3,(H,29,33)(H,30,36)(H,31,35). The average Bonchev–Trinajstić information content (AvgIpc) is 2.87. The Morgan fingerprint density at radius 1 is 0.973 bits per heavy atom. The van der Waals surface area contributed by atoms with Crippen LogP contribution in [0, 0.1) is 5.92 Å². The number of ketones is 1. The van der Waals surface area contributed by atoms with Crippen molar-refractivity contribution < 1.29 is 28.7 Å². The number of amides is 3. The predicted octanol–water partition coefficient (Wildman–Crippen LogP) is 3.17. The fourth-order valence-corrected chi connectivity index (χ4v) is 4.77. The fraction of sp³-hybridized carbons (Fsp3) is 0.393. The number of esters is 1. The Morgan fingerprint density at radius 2 is 1.78 bits per heavy atom. The van der Waals surface area contributed by atoms with Crippen LogP contribution in [0.5, 0.6) is 0 Å². The number of Topliss-reactive ketones (excluding diaryl/α,β-unsaturated/α-hetero) is 1. The molecule has 2 unspecified atom stereocenters. The summed E-state index contributed by atoms with van der Waals surface area (Å²) in [5.41, 5.74) is 2.88. The van der Waals surface area contributed by atoms with E-state index in [1.165, 1.54) is 7.11 Å². The molecule has 3 amide bonds. The molecule has 0 radical (unpaired) electrons. The van der Waals surface area contributed by atoms with Gasteiger partial charge in [-0.05, 0) is 42.2 Å². The van der Waals surface area contributed by atoms with Gasteiger partial charge in [-0.1, -0.05) is 37.1 Å². The van der Waals surface area contributed by atoms with Crippen molar-refractivity contribution in [3.05, 3.63) is 59.2 Å². The lowest BCUT2D eigenvalue weighted by atomic mass is 9.90. The van der Waals surface area contributed by atoms with Crippen molar-refractivity contribution in [1.82, 2.24) is 5.32 Å². The van der Waals surface area contributed by atoms with Crippen LogP contribution in [-0.2, 0) is 36.8 Å². The van der Waals surface area contributed by atoms with Crippen molar-refractivity contribution in [2.75, 3.05) is 17.7 Å². The summed E-state index contributed by atoms with van der Waals surface area (Å²) in [6.45, 7) is 0. The van der Waals surface area contributed by atoms with Crippen LogP contribution in [0.1, 0.15) is 60.0 Å². The summed E-state index contributed by atoms with van der Waals surface area (Å²) in [5, 5.41) is 8.49. The second-order valence-corrected chi connectivity index (χ2v) is 9.52. The van der Waals surface area contributed by atoms with E-state index in [0.29, 0.717) is 36.9 Å². The van der Waals surface area contributed by atoms with Gasteiger partial charge in [0.2, 0.25) is 17.7 Å². The maximum atomic E-state index is 13.4. The molecule has 9 nitrogen and oxygen atoms in total. The first-order valence-electron chi connectivity index (χ1n) is 12.6. The molecule has 0 aromatic heterocycles. The topological polar surface area (TPSA) is 131 Å². The highest BCUT2D eigenvalue weighted by molar-refractivity contribution is 6.06. The molecular formula is C28H31N3O6. The Hall–Kier alpha value is -4.01. The molecule has 2 aliphatic heterocycles. The summed E-state index contributed by atoms with van der Waals surface area (Å²) in [6, 6.07) is 11.6. The molecule has 0 bridgehead atoms. The minimum Gasteiger partial charge on any atom is -0.469 e. The molecule has 0 saturated carbocycles. The van der Waals surface area contributed by atoms with Crippen LogP contribution < -0.4 is 16.0 Å². The third-order valence-electron chi connectivity index (χ3n) is 6.83. The zero-order valence-electron chi connectivity index (χ0n) is 20.8. The zero-order chi connectivity index (χ0) is 26.4. The molecule has 2 atom stereocenters. The molecule has 4 rings (SSSR count). The number of carbonyl (C=O) groups is 5. The van der Waals surface area contributed by atoms with E-state index in [-0.39, 0.29) is 48.3 Å². The van der Waals surface area contributed by atoms with Crippen LogP contribution in [0.3, 0.4) is 0 Å². The molecule has 2 heterocycles. The highest BCUT2D eigenvalue weighted by atomic mass is 16.5. The number of ether oxygens (including phenoxy) is 1. The first kappa shape index (κ1) is 26.1. The van der Waals surface area contributed by atoms with Crippen molar-refractivity contribution in [3.63, 3.8) is 0 Å². The molecule has 0 spiro atoms. The van der Waals surface area contributed by atoms with Gasteiger partial charge in [-0.15, -0.1) is 0 Å². The Morgan fingerprint density at radius 3 is 2.59 bits per heavy atom. The Bertz CT molecular complexity index is 1220. The maximum Gasteiger partial charge on any atom is 0.309 e. The second-order valence-electron chi connectivity index (χ2n) is 9.52. The van der Waals surface area contributed by atoms with E-state index in [1.54, 1.807) is 18.2 Å². The Labute approximate surface area is 215 Å². The van der Waals surface area contributed by atoms with Crippen molar-refractivity contribution in [1.29, 1.82) is 0 Å². The lowest BCUT2D eigenvalue weighted by molar-refractivity contribution is -0.139. The van der Waals surface area contributed by atoms with Gasteiger partial charge in [-0.25, -0.2) is 0 Å². The van der Waals surface area contributed by atoms with E-state index in [4.69, 9.17) is 4.74 Å². The number of nitrogens with one attached hydrogen (secondary N) is 3. The van der Waals surface area contributed by atoms with Crippen LogP contribution in [0.2, 0.25) is 0 Å². The number of benzene rings is 2. The molecule has 3 N–H and O–H groups in total. The smallest absolute Gasteiger partial charge is 0.309 e. The van der Waals surface area contributed by atoms with Crippen molar-refractivity contribution in [2.24, 2.45) is 5.92 Å². The number of hydrogen-bond acceptors (Lipinski definition) is 6. The lowest BCUT2D eigenvalue weighted by Crippen LogP contribution is -2.49. The summed E-state index contributed by atoms with van der Waals surface area (Å²) >= 11 is 0. The van der Waals surface area contributed by atoms with Gasteiger partial charge in [-0.2, -0.15) is 0 Å². The van der Waals surface area contributed by atoms with Crippen LogP contribution >= 0.6 is 0 Å². The summed E-state index contributed by atoms with van der Waals surface area (Å²) < 4.78 is 4.72. The van der Waals surface area contributed by atoms with E-state index < -0.39 is 17.9 Å². The third kappa shape index (κ3) is 6.61. The summed E-state index contributed by atoms with van der Waals surface area (Å²) in [7, 11) is 1.29. The molecule has 2 aliphatic rings. The second kappa shape index (κ2) is 11.8. The van der Waals surface area contributed by atoms with Gasteiger partial charge < -0.3 is 20.7 Å². The Balaban J connectivity index is 1.53. The minimum absolute atomic E-state index is 0.00541. The maximum absolute atomic E-state index is 13.4. The monoisotopic (exact) mass is 505 g/mol. The van der Waals surface area contributed by atoms with E-state index in [1.807, 2.05) is 24.3 Å². The number of carbonyl (C=O) groups excluding carboxylic acids is 5. The summed E-state index contributed by atoms with van der Waals surface area (Å²) in [4.78, 5) is 63.4. The summed E-state index contributed by atoms with van der Waals surface area (Å²) in [6.07, 6.45) is 3.15. The quantitative estimate of drug-likeness (QED) is 0.547. The first-order valence-corrected chi connectivity index (χ1v) is 12.6. The van der Waals surface area contributed by atoms with E-state index in [0.717, 1.165) is 17.7 Å². The van der Waals surface area contributed by atoms with Gasteiger partial charge in [0.25, 0.3) is 0 Å². The van der Waals surface area contributed by atoms with E-state index in [2.05, 4.69) is 16.0 Å². The highest BCUT2D eigenvalue weighted by Crippen LogP contribution is 2.27. The molecule has 2 aromatic rings. The van der Waals surface area contributed by atoms with Gasteiger partial charge >= 0.3 is 5.97 Å². The van der Waals surface area contributed by atoms with E-state index in [9.17, 15) is 24.0 Å². The molecule has 2 aromatic carbocycles. The lowest BCUT2D eigenvalue weighted by Gasteiger charge is -2.27. The molecule has 194 valence electrons. The van der Waals surface area contributed by atoms with Gasteiger partial charge in [0, 0.05) is 36.4 Å². The van der Waals surface area contributed by atoms with Crippen LogP contribution in [0.25, 0.3) is 0 Å². The largest absolute Gasteiger partial charge is 0.469 e. The molecule has 0 saturated heterocycles. The van der Waals surface area contributed by atoms with E-state index >= 15 is 0 Å². The van der Waals surface area contributed by atoms with Crippen LogP contribution in [-0.4, -0.2) is 42.6 Å². The molecule has 9 heteroatoms. The average molecular weight is 506 g/mol. The zero-order valence-corrected chi connectivity index (χ0v) is 20.8. The Kier molecular flexibility index (Phi) is 8.32. The molecule has 0 fully saturated rings. The van der Waals surface area contributed by atoms with Crippen LogP contribution in [0.15, 0.2) is 42.5 Å². The van der Waals surface area contributed by atoms with Gasteiger partial charge in [-0.3, -0.25) is 24.0 Å². The SMILES string of the molecule is COC(=O)Cc1ccc2c(c1)NC(=O)CCCCCC(C(=O)NC1Cc3ccccc3NC1=O)CC2=O. The van der Waals surface area contributed by atoms with Crippen molar-refractivity contribution >= 4 is 40.8 Å². The number of fused-ring (bicyclic) bond motifs is 2. The number of para-hydroxylation sites is 1. The minimum atomic E-state index is -0.716. The van der Waals surface area contributed by atoms with Gasteiger partial charge in [0.05, 0.1) is 19.2 Å². The predicted molar refractivity (Wildman–Crippen MR) is 137 cm³/mol. The first-order chi connectivity index (χ1) is 17.8. The van der Waals surface area contributed by atoms with Gasteiger partial charge in [0.1, 0.15) is 6.04 Å². The summed E-state index contributed by atoms with van der Waals surface area (Å²) in [5.74, 6) is -2.16.